The monoisotopic (exact) mass is 324 g/mol. The van der Waals surface area contributed by atoms with Crippen LogP contribution in [0, 0.1) is 11.3 Å². The number of hydrogen-bond donors (Lipinski definition) is 0. The molecule has 2 saturated heterocycles. The molecule has 3 aliphatic rings. The van der Waals surface area contributed by atoms with Gasteiger partial charge in [0.2, 0.25) is 0 Å². The third kappa shape index (κ3) is 3.02. The van der Waals surface area contributed by atoms with E-state index < -0.39 is 0 Å². The molecule has 4 rings (SSSR count). The summed E-state index contributed by atoms with van der Waals surface area (Å²) in [6.45, 7) is 5.63. The van der Waals surface area contributed by atoms with Gasteiger partial charge in [-0.2, -0.15) is 10.4 Å². The summed E-state index contributed by atoms with van der Waals surface area (Å²) >= 11 is 0. The van der Waals surface area contributed by atoms with Crippen LogP contribution in [-0.4, -0.2) is 54.7 Å². The molecule has 6 heteroatoms. The normalized spacial score (nSPS) is 27.9. The first-order valence-electron chi connectivity index (χ1n) is 9.02. The van der Waals surface area contributed by atoms with Crippen molar-refractivity contribution < 1.29 is 0 Å². The maximum Gasteiger partial charge on any atom is 0.132 e. The summed E-state index contributed by atoms with van der Waals surface area (Å²) in [6.07, 6.45) is 5.33. The molecule has 3 heterocycles. The molecule has 0 aliphatic carbocycles. The predicted octanol–water partition coefficient (Wildman–Crippen LogP) is 2.63. The zero-order valence-corrected chi connectivity index (χ0v) is 14.0. The van der Waals surface area contributed by atoms with Crippen molar-refractivity contribution in [3.05, 3.63) is 29.8 Å². The van der Waals surface area contributed by atoms with Gasteiger partial charge in [0, 0.05) is 19.6 Å². The maximum absolute atomic E-state index is 9.00. The lowest BCUT2D eigenvalue weighted by molar-refractivity contribution is 0.193. The lowest BCUT2D eigenvalue weighted by Gasteiger charge is -2.34. The summed E-state index contributed by atoms with van der Waals surface area (Å²) < 4.78 is 0. The van der Waals surface area contributed by atoms with E-state index in [1.807, 2.05) is 24.3 Å². The molecule has 1 aromatic rings. The number of likely N-dealkylation sites (tertiary alicyclic amines) is 2. The van der Waals surface area contributed by atoms with Crippen molar-refractivity contribution in [3.8, 4) is 6.07 Å². The number of hydrogen-bond acceptors (Lipinski definition) is 6. The molecule has 126 valence electrons. The Labute approximate surface area is 143 Å². The Morgan fingerprint density at radius 2 is 1.67 bits per heavy atom. The fraction of sp³-hybridized carbons (Fsp3) is 0.611. The molecule has 2 atom stereocenters. The quantitative estimate of drug-likeness (QED) is 0.854. The van der Waals surface area contributed by atoms with Crippen LogP contribution >= 0.6 is 0 Å². The molecule has 0 saturated carbocycles. The molecule has 0 spiro atoms. The first-order valence-corrected chi connectivity index (χ1v) is 9.02. The summed E-state index contributed by atoms with van der Waals surface area (Å²) in [5.74, 6) is 0. The third-order valence-electron chi connectivity index (χ3n) is 5.31. The van der Waals surface area contributed by atoms with Gasteiger partial charge in [0.25, 0.3) is 0 Å². The highest BCUT2D eigenvalue weighted by Gasteiger charge is 2.40. The Bertz CT molecular complexity index is 622. The van der Waals surface area contributed by atoms with Gasteiger partial charge in [0.15, 0.2) is 0 Å². The van der Waals surface area contributed by atoms with Crippen LogP contribution < -0.4 is 5.01 Å². The molecule has 0 radical (unpaired) electrons. The maximum atomic E-state index is 9.00. The Balaban J connectivity index is 1.55. The smallest absolute Gasteiger partial charge is 0.132 e. The fourth-order valence-electron chi connectivity index (χ4n) is 4.06. The molecule has 24 heavy (non-hydrogen) atoms. The molecule has 2 fully saturated rings. The van der Waals surface area contributed by atoms with E-state index in [-0.39, 0.29) is 12.2 Å². The average Bonchev–Trinajstić information content (AvgIpc) is 3.37. The van der Waals surface area contributed by atoms with Gasteiger partial charge < -0.3 is 4.90 Å². The Morgan fingerprint density at radius 3 is 2.33 bits per heavy atom. The first kappa shape index (κ1) is 15.6. The summed E-state index contributed by atoms with van der Waals surface area (Å²) in [4.78, 5) is 5.05. The van der Waals surface area contributed by atoms with Crippen LogP contribution in [0.25, 0.3) is 0 Å². The number of nitriles is 1. The first-order chi connectivity index (χ1) is 11.8. The van der Waals surface area contributed by atoms with Gasteiger partial charge in [-0.15, -0.1) is 0 Å². The second kappa shape index (κ2) is 6.88. The molecule has 1 aromatic carbocycles. The number of rotatable bonds is 4. The average molecular weight is 324 g/mol. The van der Waals surface area contributed by atoms with Crippen molar-refractivity contribution in [1.29, 1.82) is 5.26 Å². The summed E-state index contributed by atoms with van der Waals surface area (Å²) in [6, 6.07) is 10.1. The van der Waals surface area contributed by atoms with Gasteiger partial charge in [-0.25, -0.2) is 5.01 Å². The van der Waals surface area contributed by atoms with Crippen molar-refractivity contribution in [2.45, 2.75) is 37.9 Å². The van der Waals surface area contributed by atoms with Gasteiger partial charge in [-0.1, -0.05) is 5.22 Å². The van der Waals surface area contributed by atoms with Gasteiger partial charge in [-0.05, 0) is 63.0 Å². The van der Waals surface area contributed by atoms with E-state index in [0.717, 1.165) is 25.3 Å². The SMILES string of the molecule is N#Cc1ccc(N2N=NC(CN3CCCC3)C2N2CCCC2)cc1. The van der Waals surface area contributed by atoms with Crippen LogP contribution in [0.4, 0.5) is 5.69 Å². The summed E-state index contributed by atoms with van der Waals surface area (Å²) in [7, 11) is 0. The minimum atomic E-state index is 0.205. The molecule has 6 nitrogen and oxygen atoms in total. The Morgan fingerprint density at radius 1 is 1.00 bits per heavy atom. The highest BCUT2D eigenvalue weighted by atomic mass is 15.7. The zero-order chi connectivity index (χ0) is 16.4. The molecule has 0 bridgehead atoms. The van der Waals surface area contributed by atoms with Crippen molar-refractivity contribution in [2.24, 2.45) is 10.3 Å². The van der Waals surface area contributed by atoms with Gasteiger partial charge in [0.05, 0.1) is 17.3 Å². The third-order valence-corrected chi connectivity index (χ3v) is 5.31. The van der Waals surface area contributed by atoms with Crippen LogP contribution in [0.3, 0.4) is 0 Å². The van der Waals surface area contributed by atoms with E-state index in [2.05, 4.69) is 31.2 Å². The molecule has 0 N–H and O–H groups in total. The second-order valence-corrected chi connectivity index (χ2v) is 6.94. The van der Waals surface area contributed by atoms with Crippen molar-refractivity contribution in [1.82, 2.24) is 9.80 Å². The van der Waals surface area contributed by atoms with E-state index in [1.165, 1.54) is 38.8 Å². The van der Waals surface area contributed by atoms with Crippen LogP contribution in [0.2, 0.25) is 0 Å². The van der Waals surface area contributed by atoms with Crippen LogP contribution in [0.15, 0.2) is 34.6 Å². The van der Waals surface area contributed by atoms with Crippen LogP contribution in [-0.2, 0) is 0 Å². The summed E-state index contributed by atoms with van der Waals surface area (Å²) in [5.41, 5.74) is 1.71. The molecule has 3 aliphatic heterocycles. The van der Waals surface area contributed by atoms with Gasteiger partial charge in [0.1, 0.15) is 12.2 Å². The highest BCUT2D eigenvalue weighted by Crippen LogP contribution is 2.31. The lowest BCUT2D eigenvalue weighted by Crippen LogP contribution is -2.51. The van der Waals surface area contributed by atoms with Gasteiger partial charge in [-0.3, -0.25) is 4.90 Å². The van der Waals surface area contributed by atoms with Gasteiger partial charge >= 0.3 is 0 Å². The minimum Gasteiger partial charge on any atom is -0.301 e. The molecule has 2 unspecified atom stereocenters. The molecule has 0 amide bonds. The van der Waals surface area contributed by atoms with E-state index in [4.69, 9.17) is 5.26 Å². The number of anilines is 1. The van der Waals surface area contributed by atoms with Crippen LogP contribution in [0.1, 0.15) is 31.2 Å². The fourth-order valence-corrected chi connectivity index (χ4v) is 4.06. The summed E-state index contributed by atoms with van der Waals surface area (Å²) in [5, 5.41) is 20.2. The number of nitrogens with zero attached hydrogens (tertiary/aromatic N) is 6. The minimum absolute atomic E-state index is 0.205. The molecular formula is C18H24N6. The van der Waals surface area contributed by atoms with E-state index >= 15 is 0 Å². The number of benzene rings is 1. The lowest BCUT2D eigenvalue weighted by atomic mass is 10.1. The molecule has 0 aromatic heterocycles. The molecular weight excluding hydrogens is 300 g/mol. The van der Waals surface area contributed by atoms with E-state index in [0.29, 0.717) is 5.56 Å². The second-order valence-electron chi connectivity index (χ2n) is 6.94. The van der Waals surface area contributed by atoms with Crippen molar-refractivity contribution in [2.75, 3.05) is 37.7 Å². The largest absolute Gasteiger partial charge is 0.301 e. The Kier molecular flexibility index (Phi) is 4.46. The Hall–Kier alpha value is -1.97. The van der Waals surface area contributed by atoms with Crippen molar-refractivity contribution in [3.63, 3.8) is 0 Å². The van der Waals surface area contributed by atoms with E-state index in [1.54, 1.807) is 0 Å². The highest BCUT2D eigenvalue weighted by molar-refractivity contribution is 5.50. The predicted molar refractivity (Wildman–Crippen MR) is 92.5 cm³/mol. The topological polar surface area (TPSA) is 58.2 Å². The standard InChI is InChI=1S/C18H24N6/c19-13-15-5-7-16(8-6-15)24-18(23-11-3-4-12-23)17(20-21-24)14-22-9-1-2-10-22/h5-8,17-18H,1-4,9-12,14H2. The van der Waals surface area contributed by atoms with Crippen LogP contribution in [0.5, 0.6) is 0 Å². The van der Waals surface area contributed by atoms with E-state index in [9.17, 15) is 0 Å². The zero-order valence-electron chi connectivity index (χ0n) is 14.0. The van der Waals surface area contributed by atoms with Crippen molar-refractivity contribution >= 4 is 5.69 Å².